The summed E-state index contributed by atoms with van der Waals surface area (Å²) in [5.74, 6) is 0.657. The van der Waals surface area contributed by atoms with Crippen LogP contribution in [0.15, 0.2) is 42.6 Å². The number of hydrogen-bond donors (Lipinski definition) is 1. The fourth-order valence-corrected chi connectivity index (χ4v) is 4.99. The van der Waals surface area contributed by atoms with E-state index in [2.05, 4.69) is 34.7 Å². The molecule has 1 amide bonds. The Hall–Kier alpha value is -3.21. The van der Waals surface area contributed by atoms with Crippen LogP contribution in [0.3, 0.4) is 0 Å². The number of aromatic nitrogens is 1. The molecule has 0 spiro atoms. The number of thiazole rings is 1. The van der Waals surface area contributed by atoms with Crippen molar-refractivity contribution in [3.8, 4) is 32.8 Å². The maximum atomic E-state index is 11.1. The molecule has 2 aromatic carbocycles. The highest BCUT2D eigenvalue weighted by Gasteiger charge is 2.26. The molecule has 0 bridgehead atoms. The predicted octanol–water partition coefficient (Wildman–Crippen LogP) is 5.23. The largest absolute Gasteiger partial charge is 0.490 e. The van der Waals surface area contributed by atoms with Gasteiger partial charge in [0.05, 0.1) is 23.2 Å². The van der Waals surface area contributed by atoms with E-state index < -0.39 is 0 Å². The molecule has 0 saturated heterocycles. The number of carbonyl (C=O) groups is 1. The summed E-state index contributed by atoms with van der Waals surface area (Å²) in [4.78, 5) is 22.2. The van der Waals surface area contributed by atoms with E-state index in [1.807, 2.05) is 38.2 Å². The Morgan fingerprint density at radius 1 is 1.34 bits per heavy atom. The first-order valence-corrected chi connectivity index (χ1v) is 11.5. The monoisotopic (exact) mass is 447 g/mol. The van der Waals surface area contributed by atoms with E-state index in [-0.39, 0.29) is 17.9 Å². The van der Waals surface area contributed by atoms with Gasteiger partial charge in [-0.05, 0) is 61.6 Å². The van der Waals surface area contributed by atoms with Crippen LogP contribution in [0.5, 0.6) is 5.75 Å². The molecule has 0 fully saturated rings. The molecule has 1 aromatic heterocycles. The van der Waals surface area contributed by atoms with Crippen LogP contribution in [0.4, 0.5) is 0 Å². The molecule has 164 valence electrons. The van der Waals surface area contributed by atoms with Gasteiger partial charge in [0.2, 0.25) is 5.91 Å². The molecule has 3 aromatic rings. The van der Waals surface area contributed by atoms with Gasteiger partial charge in [-0.2, -0.15) is 5.26 Å². The van der Waals surface area contributed by atoms with E-state index in [1.54, 1.807) is 11.3 Å². The van der Waals surface area contributed by atoms with Gasteiger partial charge in [0.1, 0.15) is 16.8 Å². The minimum absolute atomic E-state index is 0.00654. The van der Waals surface area contributed by atoms with Crippen molar-refractivity contribution in [2.75, 3.05) is 6.61 Å². The lowest BCUT2D eigenvalue weighted by atomic mass is 9.99. The molecule has 1 heterocycles. The highest BCUT2D eigenvalue weighted by Crippen LogP contribution is 2.42. The summed E-state index contributed by atoms with van der Waals surface area (Å²) in [5.41, 5.74) is 7.61. The number of nitrogens with zero attached hydrogens (tertiary/aromatic N) is 2. The maximum absolute atomic E-state index is 11.1. The van der Waals surface area contributed by atoms with Crippen molar-refractivity contribution < 1.29 is 14.4 Å². The Morgan fingerprint density at radius 2 is 2.19 bits per heavy atom. The van der Waals surface area contributed by atoms with Crippen LogP contribution in [0, 0.1) is 11.3 Å². The number of amides is 1. The van der Waals surface area contributed by atoms with Gasteiger partial charge in [-0.1, -0.05) is 18.2 Å². The summed E-state index contributed by atoms with van der Waals surface area (Å²) in [5, 5.41) is 10.4. The van der Waals surface area contributed by atoms with E-state index in [1.165, 1.54) is 23.6 Å². The van der Waals surface area contributed by atoms with Crippen molar-refractivity contribution in [1.82, 2.24) is 10.5 Å². The van der Waals surface area contributed by atoms with Crippen molar-refractivity contribution >= 4 is 17.2 Å². The van der Waals surface area contributed by atoms with Crippen LogP contribution in [0.25, 0.3) is 21.0 Å². The molecular weight excluding hydrogens is 422 g/mol. The SMILES string of the molecule is CC(=O)NOC[C@H]1CCc2c(-c3cnc(-c4ccc(OC(C)C)c(C#N)c4)s3)cccc21. The lowest BCUT2D eigenvalue weighted by Crippen LogP contribution is -2.22. The second-order valence-electron chi connectivity index (χ2n) is 8.10. The minimum atomic E-state index is -0.197. The first-order valence-electron chi connectivity index (χ1n) is 10.6. The van der Waals surface area contributed by atoms with E-state index in [4.69, 9.17) is 9.57 Å². The molecule has 0 radical (unpaired) electrons. The number of hydroxylamine groups is 1. The van der Waals surface area contributed by atoms with Crippen LogP contribution in [0.2, 0.25) is 0 Å². The van der Waals surface area contributed by atoms with Crippen molar-refractivity contribution in [2.45, 2.75) is 45.6 Å². The van der Waals surface area contributed by atoms with E-state index in [9.17, 15) is 10.1 Å². The number of ether oxygens (including phenoxy) is 1. The zero-order valence-corrected chi connectivity index (χ0v) is 19.2. The predicted molar refractivity (Wildman–Crippen MR) is 124 cm³/mol. The minimum Gasteiger partial charge on any atom is -0.490 e. The molecule has 1 aliphatic carbocycles. The third-order valence-electron chi connectivity index (χ3n) is 5.38. The Kier molecular flexibility index (Phi) is 6.54. The second-order valence-corrected chi connectivity index (χ2v) is 9.13. The van der Waals surface area contributed by atoms with Crippen LogP contribution < -0.4 is 10.2 Å². The molecule has 6 nitrogen and oxygen atoms in total. The second kappa shape index (κ2) is 9.51. The molecule has 1 atom stereocenters. The summed E-state index contributed by atoms with van der Waals surface area (Å²) in [6.45, 7) is 5.78. The quantitative estimate of drug-likeness (QED) is 0.501. The van der Waals surface area contributed by atoms with E-state index in [0.29, 0.717) is 17.9 Å². The van der Waals surface area contributed by atoms with E-state index in [0.717, 1.165) is 28.3 Å². The molecule has 0 unspecified atom stereocenters. The van der Waals surface area contributed by atoms with Gasteiger partial charge in [0, 0.05) is 24.6 Å². The third-order valence-corrected chi connectivity index (χ3v) is 6.46. The molecule has 0 saturated carbocycles. The normalized spacial score (nSPS) is 14.8. The summed E-state index contributed by atoms with van der Waals surface area (Å²) in [6, 6.07) is 14.2. The van der Waals surface area contributed by atoms with Crippen LogP contribution in [-0.2, 0) is 16.1 Å². The van der Waals surface area contributed by atoms with E-state index >= 15 is 0 Å². The smallest absolute Gasteiger partial charge is 0.240 e. The number of carbonyl (C=O) groups excluding carboxylic acids is 1. The summed E-state index contributed by atoms with van der Waals surface area (Å²) >= 11 is 1.62. The fourth-order valence-electron chi connectivity index (χ4n) is 4.03. The van der Waals surface area contributed by atoms with Crippen molar-refractivity contribution in [3.05, 3.63) is 59.3 Å². The Labute approximate surface area is 191 Å². The molecular formula is C25H25N3O3S. The zero-order chi connectivity index (χ0) is 22.7. The maximum Gasteiger partial charge on any atom is 0.240 e. The molecule has 7 heteroatoms. The Balaban J connectivity index is 1.58. The summed E-state index contributed by atoms with van der Waals surface area (Å²) in [6.07, 6.45) is 3.86. The number of hydrogen-bond acceptors (Lipinski definition) is 6. The van der Waals surface area contributed by atoms with Gasteiger partial charge in [0.25, 0.3) is 0 Å². The Bertz CT molecular complexity index is 1180. The van der Waals surface area contributed by atoms with Crippen molar-refractivity contribution in [3.63, 3.8) is 0 Å². The summed E-state index contributed by atoms with van der Waals surface area (Å²) in [7, 11) is 0. The first kappa shape index (κ1) is 22.0. The number of nitrogens with one attached hydrogen (secondary N) is 1. The third kappa shape index (κ3) is 4.67. The van der Waals surface area contributed by atoms with Gasteiger partial charge < -0.3 is 4.74 Å². The zero-order valence-electron chi connectivity index (χ0n) is 18.3. The van der Waals surface area contributed by atoms with Gasteiger partial charge in [0.15, 0.2) is 0 Å². The average molecular weight is 448 g/mol. The van der Waals surface area contributed by atoms with Crippen molar-refractivity contribution in [2.24, 2.45) is 0 Å². The molecule has 0 aliphatic heterocycles. The van der Waals surface area contributed by atoms with Crippen LogP contribution in [0.1, 0.15) is 49.8 Å². The first-order chi connectivity index (χ1) is 15.5. The fraction of sp³-hybridized carbons (Fsp3) is 0.320. The number of benzene rings is 2. The standard InChI is InChI=1S/C25H25N3O3S/c1-15(2)31-23-10-8-17(11-19(23)12-26)25-27-13-24(32-25)22-6-4-5-20-18(7-9-21(20)22)14-30-28-16(3)29/h4-6,8,10-11,13,15,18H,7,9,14H2,1-3H3,(H,28,29)/t18-/m1/s1. The summed E-state index contributed by atoms with van der Waals surface area (Å²) < 4.78 is 5.73. The number of nitriles is 1. The van der Waals surface area contributed by atoms with Gasteiger partial charge >= 0.3 is 0 Å². The van der Waals surface area contributed by atoms with Gasteiger partial charge in [-0.25, -0.2) is 10.5 Å². The van der Waals surface area contributed by atoms with Gasteiger partial charge in [-0.15, -0.1) is 11.3 Å². The van der Waals surface area contributed by atoms with Crippen molar-refractivity contribution in [1.29, 1.82) is 5.26 Å². The lowest BCUT2D eigenvalue weighted by Gasteiger charge is -2.12. The average Bonchev–Trinajstić information content (AvgIpc) is 3.41. The molecule has 1 N–H and O–H groups in total. The topological polar surface area (TPSA) is 84.2 Å². The highest BCUT2D eigenvalue weighted by atomic mass is 32.1. The lowest BCUT2D eigenvalue weighted by molar-refractivity contribution is -0.131. The number of fused-ring (bicyclic) bond motifs is 1. The molecule has 1 aliphatic rings. The van der Waals surface area contributed by atoms with Gasteiger partial charge in [-0.3, -0.25) is 9.63 Å². The van der Waals surface area contributed by atoms with Crippen LogP contribution >= 0.6 is 11.3 Å². The highest BCUT2D eigenvalue weighted by molar-refractivity contribution is 7.18. The Morgan fingerprint density at radius 3 is 2.94 bits per heavy atom. The number of rotatable bonds is 7. The molecule has 4 rings (SSSR count). The van der Waals surface area contributed by atoms with Crippen LogP contribution in [-0.4, -0.2) is 23.6 Å². The molecule has 32 heavy (non-hydrogen) atoms.